The maximum atomic E-state index is 5.84. The zero-order valence-corrected chi connectivity index (χ0v) is 16.3. The van der Waals surface area contributed by atoms with E-state index in [2.05, 4.69) is 62.4 Å². The van der Waals surface area contributed by atoms with Crippen molar-refractivity contribution in [3.63, 3.8) is 0 Å². The molecule has 4 rings (SSSR count). The van der Waals surface area contributed by atoms with Crippen LogP contribution in [0.5, 0.6) is 0 Å². The molecular weight excluding hydrogens is 350 g/mol. The molecule has 0 aliphatic heterocycles. The summed E-state index contributed by atoms with van der Waals surface area (Å²) in [6, 6.07) is 18.3. The van der Waals surface area contributed by atoms with Crippen molar-refractivity contribution in [2.45, 2.75) is 26.4 Å². The van der Waals surface area contributed by atoms with Crippen molar-refractivity contribution >= 4 is 28.0 Å². The highest BCUT2D eigenvalue weighted by molar-refractivity contribution is 5.80. The van der Waals surface area contributed by atoms with Crippen LogP contribution in [-0.2, 0) is 13.1 Å². The second kappa shape index (κ2) is 8.17. The molecule has 0 atom stereocenters. The summed E-state index contributed by atoms with van der Waals surface area (Å²) in [5.74, 6) is 2.71. The predicted octanol–water partition coefficient (Wildman–Crippen LogP) is 3.85. The van der Waals surface area contributed by atoms with Crippen LogP contribution in [0.3, 0.4) is 0 Å². The number of hydrogen-bond donors (Lipinski definition) is 2. The normalized spacial score (nSPS) is 12.0. The zero-order valence-electron chi connectivity index (χ0n) is 16.3. The number of para-hydroxylation sites is 3. The van der Waals surface area contributed by atoms with Gasteiger partial charge < -0.3 is 19.6 Å². The lowest BCUT2D eigenvalue weighted by Gasteiger charge is -2.12. The summed E-state index contributed by atoms with van der Waals surface area (Å²) >= 11 is 0. The van der Waals surface area contributed by atoms with Gasteiger partial charge in [0.05, 0.1) is 17.6 Å². The Bertz CT molecular complexity index is 1080. The highest BCUT2D eigenvalue weighted by Crippen LogP contribution is 2.18. The van der Waals surface area contributed by atoms with Crippen molar-refractivity contribution < 1.29 is 4.42 Å². The van der Waals surface area contributed by atoms with Crippen LogP contribution in [0.2, 0.25) is 0 Å². The van der Waals surface area contributed by atoms with E-state index in [0.29, 0.717) is 6.54 Å². The first-order valence-corrected chi connectivity index (χ1v) is 9.58. The van der Waals surface area contributed by atoms with Gasteiger partial charge in [-0.25, -0.2) is 4.98 Å². The van der Waals surface area contributed by atoms with Crippen LogP contribution in [-0.4, -0.2) is 29.1 Å². The lowest BCUT2D eigenvalue weighted by molar-refractivity contribution is 0.537. The quantitative estimate of drug-likeness (QED) is 0.305. The Labute approximate surface area is 164 Å². The molecule has 2 N–H and O–H groups in total. The molecule has 6 nitrogen and oxygen atoms in total. The molecule has 28 heavy (non-hydrogen) atoms. The number of nitrogens with one attached hydrogen (secondary N) is 2. The van der Waals surface area contributed by atoms with Gasteiger partial charge >= 0.3 is 0 Å². The molecule has 2 aromatic carbocycles. The molecule has 0 fully saturated rings. The number of fused-ring (bicyclic) bond motifs is 2. The molecule has 2 heterocycles. The first kappa shape index (κ1) is 18.1. The molecule has 0 aliphatic carbocycles. The molecule has 0 radical (unpaired) electrons. The summed E-state index contributed by atoms with van der Waals surface area (Å²) in [5, 5.41) is 7.79. The number of furan rings is 1. The Morgan fingerprint density at radius 3 is 2.79 bits per heavy atom. The SMILES string of the molecule is CN=C(NCCCn1c(C)nc2ccccc21)NCc1cc2ccccc2o1. The van der Waals surface area contributed by atoms with E-state index < -0.39 is 0 Å². The number of benzene rings is 2. The van der Waals surface area contributed by atoms with E-state index in [0.717, 1.165) is 53.5 Å². The summed E-state index contributed by atoms with van der Waals surface area (Å²) in [6.45, 7) is 4.40. The molecule has 2 aromatic heterocycles. The van der Waals surface area contributed by atoms with Crippen LogP contribution < -0.4 is 10.6 Å². The Morgan fingerprint density at radius 2 is 1.93 bits per heavy atom. The van der Waals surface area contributed by atoms with E-state index >= 15 is 0 Å². The lowest BCUT2D eigenvalue weighted by Crippen LogP contribution is -2.37. The minimum absolute atomic E-state index is 0.597. The van der Waals surface area contributed by atoms with E-state index in [1.807, 2.05) is 24.3 Å². The molecule has 0 aliphatic rings. The Balaban J connectivity index is 1.28. The standard InChI is InChI=1S/C22H25N5O/c1-16-26-19-9-4-5-10-20(19)27(16)13-7-12-24-22(23-2)25-15-18-14-17-8-3-6-11-21(17)28-18/h3-6,8-11,14H,7,12-13,15H2,1-2H3,(H2,23,24,25). The maximum Gasteiger partial charge on any atom is 0.191 e. The van der Waals surface area contributed by atoms with Crippen molar-refractivity contribution in [2.75, 3.05) is 13.6 Å². The first-order chi connectivity index (χ1) is 13.7. The monoisotopic (exact) mass is 375 g/mol. The molecule has 0 bridgehead atoms. The van der Waals surface area contributed by atoms with Crippen LogP contribution in [0.15, 0.2) is 64.0 Å². The average molecular weight is 375 g/mol. The number of aliphatic imine (C=N–C) groups is 1. The highest BCUT2D eigenvalue weighted by Gasteiger charge is 2.07. The van der Waals surface area contributed by atoms with Gasteiger partial charge in [-0.15, -0.1) is 0 Å². The van der Waals surface area contributed by atoms with E-state index in [4.69, 9.17) is 4.42 Å². The Hall–Kier alpha value is -3.28. The molecule has 0 saturated heterocycles. The summed E-state index contributed by atoms with van der Waals surface area (Å²) < 4.78 is 8.10. The fraction of sp³-hybridized carbons (Fsp3) is 0.273. The smallest absolute Gasteiger partial charge is 0.191 e. The van der Waals surface area contributed by atoms with Gasteiger partial charge in [-0.2, -0.15) is 0 Å². The summed E-state index contributed by atoms with van der Waals surface area (Å²) in [4.78, 5) is 8.91. The van der Waals surface area contributed by atoms with Crippen molar-refractivity contribution in [1.82, 2.24) is 20.2 Å². The van der Waals surface area contributed by atoms with Crippen molar-refractivity contribution in [2.24, 2.45) is 4.99 Å². The topological polar surface area (TPSA) is 67.4 Å². The number of hydrogen-bond acceptors (Lipinski definition) is 3. The van der Waals surface area contributed by atoms with Gasteiger partial charge in [-0.05, 0) is 37.6 Å². The first-order valence-electron chi connectivity index (χ1n) is 9.58. The number of guanidine groups is 1. The van der Waals surface area contributed by atoms with Crippen LogP contribution in [0.1, 0.15) is 18.0 Å². The number of aryl methyl sites for hydroxylation is 2. The van der Waals surface area contributed by atoms with Crippen LogP contribution in [0.25, 0.3) is 22.0 Å². The van der Waals surface area contributed by atoms with Gasteiger partial charge in [0.15, 0.2) is 5.96 Å². The number of rotatable bonds is 6. The van der Waals surface area contributed by atoms with Gasteiger partial charge in [0.25, 0.3) is 0 Å². The van der Waals surface area contributed by atoms with E-state index in [1.165, 1.54) is 5.52 Å². The maximum absolute atomic E-state index is 5.84. The number of aromatic nitrogens is 2. The Kier molecular flexibility index (Phi) is 5.28. The van der Waals surface area contributed by atoms with Crippen molar-refractivity contribution in [1.29, 1.82) is 0 Å². The molecular formula is C22H25N5O. The summed E-state index contributed by atoms with van der Waals surface area (Å²) in [6.07, 6.45) is 0.979. The minimum Gasteiger partial charge on any atom is -0.459 e. The van der Waals surface area contributed by atoms with Gasteiger partial charge in [0.2, 0.25) is 0 Å². The predicted molar refractivity (Wildman–Crippen MR) is 114 cm³/mol. The van der Waals surface area contributed by atoms with Crippen molar-refractivity contribution in [3.8, 4) is 0 Å². The molecule has 0 amide bonds. The largest absolute Gasteiger partial charge is 0.459 e. The second-order valence-electron chi connectivity index (χ2n) is 6.76. The fourth-order valence-electron chi connectivity index (χ4n) is 3.44. The van der Waals surface area contributed by atoms with Gasteiger partial charge in [0.1, 0.15) is 17.2 Å². The molecule has 4 aromatic rings. The van der Waals surface area contributed by atoms with Gasteiger partial charge in [-0.1, -0.05) is 30.3 Å². The molecule has 6 heteroatoms. The van der Waals surface area contributed by atoms with E-state index in [9.17, 15) is 0 Å². The fourth-order valence-corrected chi connectivity index (χ4v) is 3.44. The van der Waals surface area contributed by atoms with Gasteiger partial charge in [0, 0.05) is 25.5 Å². The van der Waals surface area contributed by atoms with E-state index in [1.54, 1.807) is 7.05 Å². The Morgan fingerprint density at radius 1 is 1.11 bits per heavy atom. The highest BCUT2D eigenvalue weighted by atomic mass is 16.3. The minimum atomic E-state index is 0.597. The number of nitrogens with zero attached hydrogens (tertiary/aromatic N) is 3. The lowest BCUT2D eigenvalue weighted by atomic mass is 10.2. The second-order valence-corrected chi connectivity index (χ2v) is 6.76. The third-order valence-electron chi connectivity index (χ3n) is 4.83. The molecule has 0 unspecified atom stereocenters. The average Bonchev–Trinajstić information content (AvgIpc) is 3.27. The summed E-state index contributed by atoms with van der Waals surface area (Å²) in [7, 11) is 1.78. The van der Waals surface area contributed by atoms with Gasteiger partial charge in [-0.3, -0.25) is 4.99 Å². The molecule has 0 spiro atoms. The summed E-state index contributed by atoms with van der Waals surface area (Å²) in [5.41, 5.74) is 3.15. The number of imidazole rings is 1. The van der Waals surface area contributed by atoms with Crippen molar-refractivity contribution in [3.05, 3.63) is 66.2 Å². The third-order valence-corrected chi connectivity index (χ3v) is 4.83. The zero-order chi connectivity index (χ0) is 19.3. The third kappa shape index (κ3) is 3.86. The van der Waals surface area contributed by atoms with Crippen LogP contribution in [0, 0.1) is 6.92 Å². The van der Waals surface area contributed by atoms with E-state index in [-0.39, 0.29) is 0 Å². The van der Waals surface area contributed by atoms with Crippen LogP contribution in [0.4, 0.5) is 0 Å². The molecule has 0 saturated carbocycles. The molecule has 144 valence electrons. The van der Waals surface area contributed by atoms with Crippen LogP contribution >= 0.6 is 0 Å².